The van der Waals surface area contributed by atoms with Gasteiger partial charge in [0.2, 0.25) is 0 Å². The molecule has 0 saturated heterocycles. The third-order valence-corrected chi connectivity index (χ3v) is 4.34. The standard InChI is InChI=1S/C19H23N/c1-4-14-8-10-15(11-9-14)18-12-16-6-5-7-17(13(2)3)19(16)20-18/h5-11,13,18,20H,4,12H2,1-3H3. The maximum Gasteiger partial charge on any atom is 0.0555 e. The number of nitrogens with one attached hydrogen (secondary N) is 1. The molecule has 1 aliphatic heterocycles. The third-order valence-electron chi connectivity index (χ3n) is 4.34. The van der Waals surface area contributed by atoms with Crippen molar-refractivity contribution in [3.8, 4) is 0 Å². The van der Waals surface area contributed by atoms with E-state index in [1.807, 2.05) is 0 Å². The fraction of sp³-hybridized carbons (Fsp3) is 0.368. The SMILES string of the molecule is CCc1ccc(C2Cc3cccc(C(C)C)c3N2)cc1. The first-order valence-corrected chi connectivity index (χ1v) is 7.66. The number of benzene rings is 2. The van der Waals surface area contributed by atoms with Crippen molar-refractivity contribution >= 4 is 5.69 Å². The van der Waals surface area contributed by atoms with Crippen molar-refractivity contribution in [3.63, 3.8) is 0 Å². The first kappa shape index (κ1) is 13.2. The highest BCUT2D eigenvalue weighted by Gasteiger charge is 2.24. The van der Waals surface area contributed by atoms with Gasteiger partial charge in [0, 0.05) is 5.69 Å². The molecule has 2 aromatic rings. The van der Waals surface area contributed by atoms with Crippen LogP contribution < -0.4 is 5.32 Å². The molecule has 0 saturated carbocycles. The van der Waals surface area contributed by atoms with E-state index in [0.29, 0.717) is 12.0 Å². The van der Waals surface area contributed by atoms with Gasteiger partial charge in [-0.15, -0.1) is 0 Å². The smallest absolute Gasteiger partial charge is 0.0555 e. The van der Waals surface area contributed by atoms with Crippen LogP contribution in [0.1, 0.15) is 55.0 Å². The number of aryl methyl sites for hydroxylation is 1. The normalized spacial score (nSPS) is 17.1. The minimum Gasteiger partial charge on any atom is -0.377 e. The van der Waals surface area contributed by atoms with Gasteiger partial charge in [-0.2, -0.15) is 0 Å². The number of rotatable bonds is 3. The quantitative estimate of drug-likeness (QED) is 0.816. The summed E-state index contributed by atoms with van der Waals surface area (Å²) in [5.41, 5.74) is 7.07. The molecule has 0 fully saturated rings. The second-order valence-electron chi connectivity index (χ2n) is 6.03. The van der Waals surface area contributed by atoms with Crippen LogP contribution in [0, 0.1) is 0 Å². The Hall–Kier alpha value is -1.76. The van der Waals surface area contributed by atoms with E-state index in [2.05, 4.69) is 68.6 Å². The van der Waals surface area contributed by atoms with E-state index in [-0.39, 0.29) is 0 Å². The first-order chi connectivity index (χ1) is 9.69. The molecule has 1 aliphatic rings. The van der Waals surface area contributed by atoms with Crippen LogP contribution in [0.4, 0.5) is 5.69 Å². The van der Waals surface area contributed by atoms with Crippen molar-refractivity contribution in [3.05, 3.63) is 64.7 Å². The van der Waals surface area contributed by atoms with Crippen LogP contribution in [-0.2, 0) is 12.8 Å². The van der Waals surface area contributed by atoms with Crippen molar-refractivity contribution in [1.29, 1.82) is 0 Å². The van der Waals surface area contributed by atoms with E-state index in [1.54, 1.807) is 0 Å². The van der Waals surface area contributed by atoms with Crippen molar-refractivity contribution < 1.29 is 0 Å². The van der Waals surface area contributed by atoms with E-state index in [4.69, 9.17) is 0 Å². The molecule has 0 aliphatic carbocycles. The Morgan fingerprint density at radius 3 is 2.50 bits per heavy atom. The minimum atomic E-state index is 0.427. The maximum atomic E-state index is 3.74. The van der Waals surface area contributed by atoms with Crippen molar-refractivity contribution in [2.45, 2.75) is 45.6 Å². The molecule has 1 N–H and O–H groups in total. The molecular weight excluding hydrogens is 242 g/mol. The fourth-order valence-corrected chi connectivity index (χ4v) is 3.08. The van der Waals surface area contributed by atoms with Gasteiger partial charge in [0.1, 0.15) is 0 Å². The summed E-state index contributed by atoms with van der Waals surface area (Å²) in [4.78, 5) is 0. The van der Waals surface area contributed by atoms with Gasteiger partial charge < -0.3 is 5.32 Å². The number of para-hydroxylation sites is 1. The molecule has 3 rings (SSSR count). The third kappa shape index (κ3) is 2.33. The van der Waals surface area contributed by atoms with Crippen molar-refractivity contribution in [1.82, 2.24) is 0 Å². The summed E-state index contributed by atoms with van der Waals surface area (Å²) in [6, 6.07) is 16.2. The molecule has 1 heteroatoms. The molecule has 1 atom stereocenters. The maximum absolute atomic E-state index is 3.74. The Morgan fingerprint density at radius 2 is 1.85 bits per heavy atom. The molecular formula is C19H23N. The topological polar surface area (TPSA) is 12.0 Å². The van der Waals surface area contributed by atoms with Crippen LogP contribution in [0.15, 0.2) is 42.5 Å². The average molecular weight is 265 g/mol. The van der Waals surface area contributed by atoms with Gasteiger partial charge in [-0.25, -0.2) is 0 Å². The van der Waals surface area contributed by atoms with Gasteiger partial charge in [-0.05, 0) is 41.0 Å². The summed E-state index contributed by atoms with van der Waals surface area (Å²) in [6.45, 7) is 6.73. The molecule has 0 bridgehead atoms. The molecule has 0 spiro atoms. The minimum absolute atomic E-state index is 0.427. The second kappa shape index (κ2) is 5.32. The number of hydrogen-bond donors (Lipinski definition) is 1. The van der Waals surface area contributed by atoms with Crippen LogP contribution in [0.3, 0.4) is 0 Å². The average Bonchev–Trinajstić information content (AvgIpc) is 2.90. The molecule has 20 heavy (non-hydrogen) atoms. The highest BCUT2D eigenvalue weighted by molar-refractivity contribution is 5.64. The zero-order valence-electron chi connectivity index (χ0n) is 12.6. The Morgan fingerprint density at radius 1 is 1.10 bits per heavy atom. The molecule has 0 amide bonds. The lowest BCUT2D eigenvalue weighted by atomic mass is 9.97. The van der Waals surface area contributed by atoms with Gasteiger partial charge in [-0.1, -0.05) is 63.2 Å². The predicted octanol–water partition coefficient (Wildman–Crippen LogP) is 5.08. The largest absolute Gasteiger partial charge is 0.377 e. The van der Waals surface area contributed by atoms with Gasteiger partial charge in [0.15, 0.2) is 0 Å². The lowest BCUT2D eigenvalue weighted by molar-refractivity contribution is 0.820. The zero-order valence-corrected chi connectivity index (χ0v) is 12.6. The van der Waals surface area contributed by atoms with E-state index >= 15 is 0 Å². The fourth-order valence-electron chi connectivity index (χ4n) is 3.08. The molecule has 1 nitrogen and oxygen atoms in total. The van der Waals surface area contributed by atoms with Gasteiger partial charge in [0.25, 0.3) is 0 Å². The summed E-state index contributed by atoms with van der Waals surface area (Å²) in [6.07, 6.45) is 2.21. The summed E-state index contributed by atoms with van der Waals surface area (Å²) >= 11 is 0. The molecule has 0 radical (unpaired) electrons. The van der Waals surface area contributed by atoms with E-state index in [0.717, 1.165) is 12.8 Å². The van der Waals surface area contributed by atoms with E-state index in [9.17, 15) is 0 Å². The molecule has 0 aromatic heterocycles. The Bertz CT molecular complexity index is 596. The van der Waals surface area contributed by atoms with E-state index in [1.165, 1.54) is 27.9 Å². The molecule has 1 unspecified atom stereocenters. The highest BCUT2D eigenvalue weighted by atomic mass is 15.0. The molecule has 2 aromatic carbocycles. The van der Waals surface area contributed by atoms with Crippen LogP contribution in [-0.4, -0.2) is 0 Å². The Balaban J connectivity index is 1.88. The highest BCUT2D eigenvalue weighted by Crippen LogP contribution is 2.39. The summed E-state index contributed by atoms with van der Waals surface area (Å²) in [7, 11) is 0. The number of fused-ring (bicyclic) bond motifs is 1. The lowest BCUT2D eigenvalue weighted by Gasteiger charge is -2.15. The van der Waals surface area contributed by atoms with E-state index < -0.39 is 0 Å². The summed E-state index contributed by atoms with van der Waals surface area (Å²) in [5.74, 6) is 0.568. The van der Waals surface area contributed by atoms with Crippen molar-refractivity contribution in [2.24, 2.45) is 0 Å². The van der Waals surface area contributed by atoms with Crippen LogP contribution >= 0.6 is 0 Å². The zero-order chi connectivity index (χ0) is 14.1. The Labute approximate surface area is 122 Å². The van der Waals surface area contributed by atoms with Crippen LogP contribution in [0.5, 0.6) is 0 Å². The summed E-state index contributed by atoms with van der Waals surface area (Å²) in [5, 5.41) is 3.74. The second-order valence-corrected chi connectivity index (χ2v) is 6.03. The van der Waals surface area contributed by atoms with Gasteiger partial charge in [-0.3, -0.25) is 0 Å². The molecule has 1 heterocycles. The van der Waals surface area contributed by atoms with Crippen LogP contribution in [0.2, 0.25) is 0 Å². The number of anilines is 1. The van der Waals surface area contributed by atoms with Gasteiger partial charge in [0.05, 0.1) is 6.04 Å². The molecule has 104 valence electrons. The number of hydrogen-bond acceptors (Lipinski definition) is 1. The Kier molecular flexibility index (Phi) is 3.52. The summed E-state index contributed by atoms with van der Waals surface area (Å²) < 4.78 is 0. The van der Waals surface area contributed by atoms with Crippen molar-refractivity contribution in [2.75, 3.05) is 5.32 Å². The van der Waals surface area contributed by atoms with Crippen LogP contribution in [0.25, 0.3) is 0 Å². The monoisotopic (exact) mass is 265 g/mol. The lowest BCUT2D eigenvalue weighted by Crippen LogP contribution is -2.06. The first-order valence-electron chi connectivity index (χ1n) is 7.66. The predicted molar refractivity (Wildman–Crippen MR) is 86.4 cm³/mol. The van der Waals surface area contributed by atoms with Gasteiger partial charge >= 0.3 is 0 Å².